The normalized spacial score (nSPS) is 12.3. The lowest BCUT2D eigenvalue weighted by Crippen LogP contribution is -2.00. The first-order valence-corrected chi connectivity index (χ1v) is 6.06. The number of terminal acetylenes is 1. The van der Waals surface area contributed by atoms with Gasteiger partial charge in [0.1, 0.15) is 0 Å². The molecule has 1 heterocycles. The van der Waals surface area contributed by atoms with Crippen molar-refractivity contribution < 1.29 is 14.3 Å². The van der Waals surface area contributed by atoms with E-state index in [1.54, 1.807) is 30.3 Å². The third-order valence-corrected chi connectivity index (χ3v) is 3.28. The number of nitrogens with zero attached hydrogens (tertiary/aromatic N) is 1. The Bertz CT molecular complexity index is 865. The number of carbonyl (C=O) groups is 2. The quantitative estimate of drug-likeness (QED) is 0.455. The van der Waals surface area contributed by atoms with Crippen LogP contribution >= 0.6 is 0 Å². The summed E-state index contributed by atoms with van der Waals surface area (Å²) in [6, 6.07) is 12.0. The van der Waals surface area contributed by atoms with E-state index >= 15 is 0 Å². The van der Waals surface area contributed by atoms with E-state index < -0.39 is 11.9 Å². The van der Waals surface area contributed by atoms with Crippen LogP contribution in [0.15, 0.2) is 36.4 Å². The minimum atomic E-state index is -0.724. The molecule has 0 aliphatic carbocycles. The molecule has 0 saturated carbocycles. The van der Waals surface area contributed by atoms with Crippen LogP contribution in [0.2, 0.25) is 0 Å². The summed E-state index contributed by atoms with van der Waals surface area (Å²) in [5, 5.41) is 8.81. The van der Waals surface area contributed by atoms with Crippen molar-refractivity contribution >= 4 is 11.9 Å². The maximum atomic E-state index is 11.8. The van der Waals surface area contributed by atoms with Crippen molar-refractivity contribution in [2.75, 3.05) is 0 Å². The number of nitriles is 1. The minimum absolute atomic E-state index is 0.129. The van der Waals surface area contributed by atoms with E-state index in [0.29, 0.717) is 16.7 Å². The zero-order chi connectivity index (χ0) is 15.0. The van der Waals surface area contributed by atoms with E-state index in [2.05, 4.69) is 10.7 Å². The lowest BCUT2D eigenvalue weighted by molar-refractivity contribution is 0.0443. The molecular weight excluding hydrogens is 266 g/mol. The van der Waals surface area contributed by atoms with Gasteiger partial charge in [0.2, 0.25) is 0 Å². The molecule has 0 atom stereocenters. The zero-order valence-corrected chi connectivity index (χ0v) is 10.7. The average molecular weight is 273 g/mol. The first-order chi connectivity index (χ1) is 10.2. The van der Waals surface area contributed by atoms with Gasteiger partial charge in [-0.15, -0.1) is 6.42 Å². The standard InChI is InChI=1S/C17H7NO3/c1-2-12-13(11-5-3-10(9-18)4-6-11)7-8-14-15(12)17(20)21-16(14)19/h1,3-8H. The Balaban J connectivity index is 2.23. The fourth-order valence-electron chi connectivity index (χ4n) is 2.29. The fraction of sp³-hybridized carbons (Fsp3) is 0. The Morgan fingerprint density at radius 3 is 2.24 bits per heavy atom. The van der Waals surface area contributed by atoms with Gasteiger partial charge in [-0.2, -0.15) is 5.26 Å². The number of esters is 2. The molecule has 98 valence electrons. The highest BCUT2D eigenvalue weighted by atomic mass is 16.6. The van der Waals surface area contributed by atoms with Crippen molar-refractivity contribution in [2.45, 2.75) is 0 Å². The number of fused-ring (bicyclic) bond motifs is 1. The molecule has 1 aliphatic rings. The van der Waals surface area contributed by atoms with Gasteiger partial charge in [0.25, 0.3) is 0 Å². The first-order valence-electron chi connectivity index (χ1n) is 6.06. The van der Waals surface area contributed by atoms with Crippen molar-refractivity contribution in [3.05, 3.63) is 58.7 Å². The molecule has 21 heavy (non-hydrogen) atoms. The number of benzene rings is 2. The highest BCUT2D eigenvalue weighted by Gasteiger charge is 2.33. The molecule has 2 aromatic carbocycles. The number of rotatable bonds is 1. The number of hydrogen-bond donors (Lipinski definition) is 0. The van der Waals surface area contributed by atoms with Gasteiger partial charge in [-0.25, -0.2) is 9.59 Å². The van der Waals surface area contributed by atoms with Crippen LogP contribution in [-0.4, -0.2) is 11.9 Å². The predicted molar refractivity (Wildman–Crippen MR) is 74.3 cm³/mol. The van der Waals surface area contributed by atoms with Crippen LogP contribution in [0.3, 0.4) is 0 Å². The van der Waals surface area contributed by atoms with Gasteiger partial charge in [0.05, 0.1) is 22.8 Å². The summed E-state index contributed by atoms with van der Waals surface area (Å²) in [7, 11) is 0. The van der Waals surface area contributed by atoms with Crippen molar-refractivity contribution in [3.8, 4) is 29.5 Å². The molecule has 0 amide bonds. The molecule has 2 aromatic rings. The van der Waals surface area contributed by atoms with Crippen LogP contribution in [-0.2, 0) is 4.74 Å². The number of ether oxygens (including phenoxy) is 1. The lowest BCUT2D eigenvalue weighted by Gasteiger charge is -2.07. The molecule has 4 nitrogen and oxygen atoms in total. The molecule has 3 rings (SSSR count). The third kappa shape index (κ3) is 1.87. The molecule has 0 fully saturated rings. The molecule has 4 heteroatoms. The van der Waals surface area contributed by atoms with Crippen molar-refractivity contribution in [3.63, 3.8) is 0 Å². The molecule has 1 aliphatic heterocycles. The topological polar surface area (TPSA) is 67.2 Å². The largest absolute Gasteiger partial charge is 0.386 e. The Morgan fingerprint density at radius 1 is 0.952 bits per heavy atom. The van der Waals surface area contributed by atoms with Gasteiger partial charge in [-0.1, -0.05) is 24.1 Å². The highest BCUT2D eigenvalue weighted by Crippen LogP contribution is 2.32. The summed E-state index contributed by atoms with van der Waals surface area (Å²) in [5.41, 5.74) is 2.57. The molecule has 0 N–H and O–H groups in total. The van der Waals surface area contributed by atoms with Gasteiger partial charge < -0.3 is 4.74 Å². The lowest BCUT2D eigenvalue weighted by atomic mass is 9.93. The SMILES string of the molecule is C#Cc1c(-c2ccc(C#N)cc2)ccc2c1C(=O)OC2=O. The molecule has 0 unspecified atom stereocenters. The van der Waals surface area contributed by atoms with Crippen LogP contribution in [0.1, 0.15) is 31.8 Å². The van der Waals surface area contributed by atoms with E-state index in [9.17, 15) is 9.59 Å². The number of cyclic esters (lactones) is 2. The highest BCUT2D eigenvalue weighted by molar-refractivity contribution is 6.16. The summed E-state index contributed by atoms with van der Waals surface area (Å²) < 4.78 is 4.59. The summed E-state index contributed by atoms with van der Waals surface area (Å²) in [6.07, 6.45) is 5.50. The molecule has 0 spiro atoms. The van der Waals surface area contributed by atoms with E-state index in [0.717, 1.165) is 5.56 Å². The van der Waals surface area contributed by atoms with Crippen LogP contribution in [0, 0.1) is 23.7 Å². The Morgan fingerprint density at radius 2 is 1.62 bits per heavy atom. The van der Waals surface area contributed by atoms with Gasteiger partial charge in [0, 0.05) is 5.56 Å². The second-order valence-corrected chi connectivity index (χ2v) is 4.42. The van der Waals surface area contributed by atoms with Crippen molar-refractivity contribution in [2.24, 2.45) is 0 Å². The number of hydrogen-bond acceptors (Lipinski definition) is 4. The summed E-state index contributed by atoms with van der Waals surface area (Å²) in [4.78, 5) is 23.3. The zero-order valence-electron chi connectivity index (χ0n) is 10.7. The molecular formula is C17H7NO3. The first kappa shape index (κ1) is 12.7. The average Bonchev–Trinajstić information content (AvgIpc) is 2.81. The maximum absolute atomic E-state index is 11.8. The van der Waals surface area contributed by atoms with Crippen LogP contribution < -0.4 is 0 Å². The minimum Gasteiger partial charge on any atom is -0.386 e. The maximum Gasteiger partial charge on any atom is 0.348 e. The van der Waals surface area contributed by atoms with E-state index in [4.69, 9.17) is 11.7 Å². The van der Waals surface area contributed by atoms with E-state index in [1.807, 2.05) is 6.07 Å². The van der Waals surface area contributed by atoms with Gasteiger partial charge >= 0.3 is 11.9 Å². The Hall–Kier alpha value is -3.37. The van der Waals surface area contributed by atoms with Crippen LogP contribution in [0.5, 0.6) is 0 Å². The van der Waals surface area contributed by atoms with Crippen molar-refractivity contribution in [1.82, 2.24) is 0 Å². The molecule has 0 saturated heterocycles. The predicted octanol–water partition coefficient (Wildman–Crippen LogP) is 2.52. The molecule has 0 bridgehead atoms. The van der Waals surface area contributed by atoms with Crippen molar-refractivity contribution in [1.29, 1.82) is 5.26 Å². The van der Waals surface area contributed by atoms with Gasteiger partial charge in [0.15, 0.2) is 0 Å². The second kappa shape index (κ2) is 4.63. The fourth-order valence-corrected chi connectivity index (χ4v) is 2.29. The Labute approximate surface area is 120 Å². The van der Waals surface area contributed by atoms with E-state index in [-0.39, 0.29) is 11.1 Å². The molecule has 0 aromatic heterocycles. The third-order valence-electron chi connectivity index (χ3n) is 3.28. The molecule has 0 radical (unpaired) electrons. The summed E-state index contributed by atoms with van der Waals surface area (Å²) >= 11 is 0. The van der Waals surface area contributed by atoms with Crippen LogP contribution in [0.25, 0.3) is 11.1 Å². The second-order valence-electron chi connectivity index (χ2n) is 4.42. The summed E-state index contributed by atoms with van der Waals surface area (Å²) in [5.74, 6) is 1.05. The summed E-state index contributed by atoms with van der Waals surface area (Å²) in [6.45, 7) is 0. The Kier molecular flexibility index (Phi) is 2.79. The smallest absolute Gasteiger partial charge is 0.348 e. The monoisotopic (exact) mass is 273 g/mol. The van der Waals surface area contributed by atoms with Gasteiger partial charge in [-0.05, 0) is 29.3 Å². The van der Waals surface area contributed by atoms with Gasteiger partial charge in [-0.3, -0.25) is 0 Å². The number of carbonyl (C=O) groups excluding carboxylic acids is 2. The van der Waals surface area contributed by atoms with E-state index in [1.165, 1.54) is 6.07 Å². The van der Waals surface area contributed by atoms with Crippen LogP contribution in [0.4, 0.5) is 0 Å².